The number of aryl methyl sites for hydroxylation is 1. The Kier molecular flexibility index (Phi) is 4.15. The number of rotatable bonds is 3. The molecule has 0 aliphatic heterocycles. The lowest BCUT2D eigenvalue weighted by molar-refractivity contribution is 0.102. The van der Waals surface area contributed by atoms with E-state index in [0.29, 0.717) is 26.6 Å². The third-order valence-electron chi connectivity index (χ3n) is 2.88. The van der Waals surface area contributed by atoms with Crippen LogP contribution >= 0.6 is 34.5 Å². The first kappa shape index (κ1) is 15.0. The predicted molar refractivity (Wildman–Crippen MR) is 88.7 cm³/mol. The van der Waals surface area contributed by atoms with Crippen molar-refractivity contribution in [1.29, 1.82) is 0 Å². The lowest BCUT2D eigenvalue weighted by atomic mass is 10.2. The Bertz CT molecular complexity index is 843. The van der Waals surface area contributed by atoms with Crippen LogP contribution in [-0.2, 0) is 7.05 Å². The van der Waals surface area contributed by atoms with Gasteiger partial charge in [0, 0.05) is 29.2 Å². The van der Waals surface area contributed by atoms with Gasteiger partial charge in [0.05, 0.1) is 10.7 Å². The fourth-order valence-electron chi connectivity index (χ4n) is 1.85. The summed E-state index contributed by atoms with van der Waals surface area (Å²) in [5.74, 6) is -0.302. The van der Waals surface area contributed by atoms with Crippen LogP contribution in [0.25, 0.3) is 11.3 Å². The minimum absolute atomic E-state index is 0.302. The maximum absolute atomic E-state index is 12.0. The minimum atomic E-state index is -0.302. The van der Waals surface area contributed by atoms with Crippen LogP contribution in [0, 0.1) is 0 Å². The Morgan fingerprint density at radius 1 is 1.32 bits per heavy atom. The molecular weight excluding hydrogens is 343 g/mol. The Morgan fingerprint density at radius 3 is 2.82 bits per heavy atom. The highest BCUT2D eigenvalue weighted by Crippen LogP contribution is 2.32. The number of halogens is 2. The molecule has 22 heavy (non-hydrogen) atoms. The highest BCUT2D eigenvalue weighted by Gasteiger charge is 2.13. The van der Waals surface area contributed by atoms with Crippen LogP contribution in [0.1, 0.15) is 10.5 Å². The van der Waals surface area contributed by atoms with Crippen LogP contribution < -0.4 is 5.32 Å². The van der Waals surface area contributed by atoms with E-state index in [4.69, 9.17) is 23.2 Å². The van der Waals surface area contributed by atoms with Crippen molar-refractivity contribution in [1.82, 2.24) is 14.8 Å². The van der Waals surface area contributed by atoms with E-state index in [-0.39, 0.29) is 5.91 Å². The molecule has 1 amide bonds. The van der Waals surface area contributed by atoms with Crippen molar-refractivity contribution in [3.05, 3.63) is 51.6 Å². The number of carbonyl (C=O) groups excluding carboxylic acids is 1. The van der Waals surface area contributed by atoms with Crippen LogP contribution in [0.15, 0.2) is 35.8 Å². The topological polar surface area (TPSA) is 59.8 Å². The van der Waals surface area contributed by atoms with Gasteiger partial charge in [-0.05, 0) is 24.3 Å². The summed E-state index contributed by atoms with van der Waals surface area (Å²) in [5.41, 5.74) is 1.78. The highest BCUT2D eigenvalue weighted by molar-refractivity contribution is 7.14. The van der Waals surface area contributed by atoms with Crippen LogP contribution in [-0.4, -0.2) is 20.7 Å². The highest BCUT2D eigenvalue weighted by atomic mass is 35.5. The van der Waals surface area contributed by atoms with Gasteiger partial charge in [0.15, 0.2) is 10.8 Å². The fraction of sp³-hybridized carbons (Fsp3) is 0.0714. The Balaban J connectivity index is 1.80. The van der Waals surface area contributed by atoms with E-state index >= 15 is 0 Å². The first-order valence-corrected chi connectivity index (χ1v) is 7.88. The minimum Gasteiger partial charge on any atom is -0.296 e. The molecular formula is C14H10Cl2N4OS. The Labute approximate surface area is 140 Å². The number of nitrogens with zero attached hydrogens (tertiary/aromatic N) is 3. The molecule has 3 rings (SSSR count). The summed E-state index contributed by atoms with van der Waals surface area (Å²) in [4.78, 5) is 16.4. The van der Waals surface area contributed by atoms with Crippen LogP contribution in [0.5, 0.6) is 0 Å². The number of hydrogen-bond donors (Lipinski definition) is 1. The number of benzene rings is 1. The Morgan fingerprint density at radius 2 is 2.14 bits per heavy atom. The largest absolute Gasteiger partial charge is 0.296 e. The average Bonchev–Trinajstić information content (AvgIpc) is 3.08. The molecule has 2 aromatic heterocycles. The molecule has 0 spiro atoms. The number of amides is 1. The molecule has 1 N–H and O–H groups in total. The van der Waals surface area contributed by atoms with Gasteiger partial charge in [0.2, 0.25) is 0 Å². The number of carbonyl (C=O) groups is 1. The van der Waals surface area contributed by atoms with E-state index in [1.807, 2.05) is 5.38 Å². The van der Waals surface area contributed by atoms with Gasteiger partial charge < -0.3 is 0 Å². The number of hydrogen-bond acceptors (Lipinski definition) is 4. The molecule has 0 aliphatic carbocycles. The summed E-state index contributed by atoms with van der Waals surface area (Å²) >= 11 is 13.4. The van der Waals surface area contributed by atoms with Crippen molar-refractivity contribution in [2.24, 2.45) is 7.05 Å². The van der Waals surface area contributed by atoms with Crippen molar-refractivity contribution in [2.45, 2.75) is 0 Å². The number of aromatic nitrogens is 3. The molecule has 0 saturated heterocycles. The van der Waals surface area contributed by atoms with Crippen LogP contribution in [0.3, 0.4) is 0 Å². The third-order valence-corrected chi connectivity index (χ3v) is 4.18. The molecule has 2 heterocycles. The monoisotopic (exact) mass is 352 g/mol. The number of thiazole rings is 1. The zero-order valence-corrected chi connectivity index (χ0v) is 13.7. The summed E-state index contributed by atoms with van der Waals surface area (Å²) in [6.45, 7) is 0. The molecule has 3 aromatic rings. The van der Waals surface area contributed by atoms with Gasteiger partial charge in [0.1, 0.15) is 0 Å². The second kappa shape index (κ2) is 6.08. The fourth-order valence-corrected chi connectivity index (χ4v) is 3.06. The molecule has 0 saturated carbocycles. The third kappa shape index (κ3) is 3.14. The summed E-state index contributed by atoms with van der Waals surface area (Å²) in [7, 11) is 1.75. The van der Waals surface area contributed by atoms with Gasteiger partial charge in [0.25, 0.3) is 5.91 Å². The first-order chi connectivity index (χ1) is 10.5. The van der Waals surface area contributed by atoms with E-state index in [9.17, 15) is 4.79 Å². The van der Waals surface area contributed by atoms with Crippen molar-refractivity contribution >= 4 is 45.6 Å². The van der Waals surface area contributed by atoms with Gasteiger partial charge >= 0.3 is 0 Å². The summed E-state index contributed by atoms with van der Waals surface area (Å²) in [6, 6.07) is 6.84. The molecule has 0 unspecified atom stereocenters. The maximum atomic E-state index is 12.0. The smallest absolute Gasteiger partial charge is 0.277 e. The SMILES string of the molecule is Cn1ccc(C(=O)Nc2nc(-c3ccc(Cl)cc3Cl)cs2)n1. The molecule has 0 radical (unpaired) electrons. The molecule has 0 atom stereocenters. The summed E-state index contributed by atoms with van der Waals surface area (Å²) in [6.07, 6.45) is 1.70. The first-order valence-electron chi connectivity index (χ1n) is 6.25. The molecule has 0 fully saturated rings. The molecule has 0 aliphatic rings. The van der Waals surface area contributed by atoms with E-state index < -0.39 is 0 Å². The Hall–Kier alpha value is -1.89. The molecule has 0 bridgehead atoms. The second-order valence-corrected chi connectivity index (χ2v) is 6.19. The maximum Gasteiger partial charge on any atom is 0.277 e. The van der Waals surface area contributed by atoms with Crippen LogP contribution in [0.2, 0.25) is 10.0 Å². The van der Waals surface area contributed by atoms with Crippen molar-refractivity contribution in [3.63, 3.8) is 0 Å². The van der Waals surface area contributed by atoms with Gasteiger partial charge in [-0.15, -0.1) is 11.3 Å². The lowest BCUT2D eigenvalue weighted by Gasteiger charge is -2.01. The van der Waals surface area contributed by atoms with Crippen molar-refractivity contribution < 1.29 is 4.79 Å². The lowest BCUT2D eigenvalue weighted by Crippen LogP contribution is -2.12. The van der Waals surface area contributed by atoms with Crippen molar-refractivity contribution in [2.75, 3.05) is 5.32 Å². The average molecular weight is 353 g/mol. The molecule has 1 aromatic carbocycles. The van der Waals surface area contributed by atoms with E-state index in [1.54, 1.807) is 42.2 Å². The number of nitrogens with one attached hydrogen (secondary N) is 1. The zero-order chi connectivity index (χ0) is 15.7. The zero-order valence-electron chi connectivity index (χ0n) is 11.4. The van der Waals surface area contributed by atoms with Gasteiger partial charge in [-0.3, -0.25) is 14.8 Å². The van der Waals surface area contributed by atoms with E-state index in [0.717, 1.165) is 5.56 Å². The van der Waals surface area contributed by atoms with Gasteiger partial charge in [-0.25, -0.2) is 4.98 Å². The standard InChI is InChI=1S/C14H10Cl2N4OS/c1-20-5-4-11(19-20)13(21)18-14-17-12(7-22-14)9-3-2-8(15)6-10(9)16/h2-7H,1H3,(H,17,18,21). The predicted octanol–water partition coefficient (Wildman–Crippen LogP) is 4.10. The second-order valence-electron chi connectivity index (χ2n) is 4.49. The summed E-state index contributed by atoms with van der Waals surface area (Å²) in [5, 5.41) is 10.1. The van der Waals surface area contributed by atoms with E-state index in [2.05, 4.69) is 15.4 Å². The quantitative estimate of drug-likeness (QED) is 0.771. The molecule has 112 valence electrons. The molecule has 5 nitrogen and oxygen atoms in total. The van der Waals surface area contributed by atoms with Crippen LogP contribution in [0.4, 0.5) is 5.13 Å². The summed E-state index contributed by atoms with van der Waals surface area (Å²) < 4.78 is 1.57. The normalized spacial score (nSPS) is 10.7. The van der Waals surface area contributed by atoms with Crippen molar-refractivity contribution in [3.8, 4) is 11.3 Å². The molecule has 8 heteroatoms. The van der Waals surface area contributed by atoms with Gasteiger partial charge in [-0.1, -0.05) is 23.2 Å². The number of anilines is 1. The van der Waals surface area contributed by atoms with E-state index in [1.165, 1.54) is 11.3 Å². The van der Waals surface area contributed by atoms with Gasteiger partial charge in [-0.2, -0.15) is 5.10 Å².